The second-order valence-corrected chi connectivity index (χ2v) is 2.71. The standard InChI is InChI=1S/C11H12O2/c1-9(6-7-12)10-4-3-5-11(8-10)13-2/h3-5,7-8H,1,6H2,2H3. The third-order valence-corrected chi connectivity index (χ3v) is 1.81. The van der Waals surface area contributed by atoms with Crippen LogP contribution in [0.25, 0.3) is 5.57 Å². The fourth-order valence-corrected chi connectivity index (χ4v) is 1.06. The van der Waals surface area contributed by atoms with E-state index in [1.807, 2.05) is 24.3 Å². The summed E-state index contributed by atoms with van der Waals surface area (Å²) in [6.07, 6.45) is 1.22. The van der Waals surface area contributed by atoms with Crippen LogP contribution in [0.3, 0.4) is 0 Å². The van der Waals surface area contributed by atoms with Gasteiger partial charge in [0.25, 0.3) is 0 Å². The van der Waals surface area contributed by atoms with E-state index in [1.54, 1.807) is 7.11 Å². The molecule has 68 valence electrons. The van der Waals surface area contributed by atoms with Gasteiger partial charge in [0.15, 0.2) is 0 Å². The zero-order valence-electron chi connectivity index (χ0n) is 7.62. The van der Waals surface area contributed by atoms with Crippen molar-refractivity contribution in [1.82, 2.24) is 0 Å². The minimum Gasteiger partial charge on any atom is -0.497 e. The monoisotopic (exact) mass is 176 g/mol. The van der Waals surface area contributed by atoms with E-state index in [1.165, 1.54) is 0 Å². The molecule has 0 N–H and O–H groups in total. The Labute approximate surface area is 77.8 Å². The summed E-state index contributed by atoms with van der Waals surface area (Å²) in [6.45, 7) is 3.80. The van der Waals surface area contributed by atoms with Crippen molar-refractivity contribution in [2.24, 2.45) is 0 Å². The second kappa shape index (κ2) is 4.45. The van der Waals surface area contributed by atoms with Gasteiger partial charge in [-0.1, -0.05) is 18.7 Å². The maximum absolute atomic E-state index is 10.3. The van der Waals surface area contributed by atoms with Crippen LogP contribution < -0.4 is 4.74 Å². The number of carbonyl (C=O) groups is 1. The Morgan fingerprint density at radius 1 is 1.62 bits per heavy atom. The van der Waals surface area contributed by atoms with E-state index in [0.29, 0.717) is 6.42 Å². The molecule has 0 aliphatic heterocycles. The minimum absolute atomic E-state index is 0.368. The largest absolute Gasteiger partial charge is 0.497 e. The normalized spacial score (nSPS) is 9.31. The highest BCUT2D eigenvalue weighted by Crippen LogP contribution is 2.19. The summed E-state index contributed by atoms with van der Waals surface area (Å²) < 4.78 is 5.05. The summed E-state index contributed by atoms with van der Waals surface area (Å²) in [6, 6.07) is 7.52. The Kier molecular flexibility index (Phi) is 3.26. The predicted molar refractivity (Wildman–Crippen MR) is 52.7 cm³/mol. The molecule has 0 atom stereocenters. The van der Waals surface area contributed by atoms with Gasteiger partial charge in [-0.2, -0.15) is 0 Å². The molecule has 0 saturated heterocycles. The van der Waals surface area contributed by atoms with Crippen molar-refractivity contribution in [2.75, 3.05) is 7.11 Å². The Hall–Kier alpha value is -1.57. The Bertz CT molecular complexity index is 316. The van der Waals surface area contributed by atoms with Crippen molar-refractivity contribution in [3.8, 4) is 5.75 Å². The first-order valence-electron chi connectivity index (χ1n) is 4.03. The van der Waals surface area contributed by atoms with Crippen LogP contribution >= 0.6 is 0 Å². The van der Waals surface area contributed by atoms with Crippen LogP contribution in [0.2, 0.25) is 0 Å². The Morgan fingerprint density at radius 3 is 3.00 bits per heavy atom. The summed E-state index contributed by atoms with van der Waals surface area (Å²) in [5.41, 5.74) is 1.76. The number of ether oxygens (including phenoxy) is 1. The number of carbonyl (C=O) groups excluding carboxylic acids is 1. The summed E-state index contributed by atoms with van der Waals surface area (Å²) in [7, 11) is 1.61. The van der Waals surface area contributed by atoms with Crippen molar-refractivity contribution in [3.05, 3.63) is 36.4 Å². The molecule has 0 saturated carbocycles. The molecule has 2 nitrogen and oxygen atoms in total. The van der Waals surface area contributed by atoms with E-state index in [0.717, 1.165) is 23.2 Å². The molecular formula is C11H12O2. The van der Waals surface area contributed by atoms with Gasteiger partial charge in [-0.05, 0) is 23.3 Å². The summed E-state index contributed by atoms with van der Waals surface area (Å²) in [5.74, 6) is 0.782. The average Bonchev–Trinajstić information content (AvgIpc) is 2.18. The van der Waals surface area contributed by atoms with Gasteiger partial charge in [-0.3, -0.25) is 0 Å². The first kappa shape index (κ1) is 9.52. The number of rotatable bonds is 4. The zero-order chi connectivity index (χ0) is 9.68. The average molecular weight is 176 g/mol. The molecule has 0 fully saturated rings. The quantitative estimate of drug-likeness (QED) is 0.658. The molecule has 1 aromatic carbocycles. The first-order chi connectivity index (χ1) is 6.27. The molecule has 0 spiro atoms. The first-order valence-corrected chi connectivity index (χ1v) is 4.03. The van der Waals surface area contributed by atoms with E-state index < -0.39 is 0 Å². The fraction of sp³-hybridized carbons (Fsp3) is 0.182. The molecule has 0 aliphatic rings. The van der Waals surface area contributed by atoms with Gasteiger partial charge in [0.05, 0.1) is 7.11 Å². The van der Waals surface area contributed by atoms with Gasteiger partial charge in [-0.15, -0.1) is 0 Å². The van der Waals surface area contributed by atoms with Gasteiger partial charge in [0.1, 0.15) is 12.0 Å². The summed E-state index contributed by atoms with van der Waals surface area (Å²) in [4.78, 5) is 10.3. The zero-order valence-corrected chi connectivity index (χ0v) is 7.62. The van der Waals surface area contributed by atoms with Crippen molar-refractivity contribution in [1.29, 1.82) is 0 Å². The molecule has 0 amide bonds. The van der Waals surface area contributed by atoms with Crippen LogP contribution in [0.1, 0.15) is 12.0 Å². The molecular weight excluding hydrogens is 164 g/mol. The molecule has 0 bridgehead atoms. The van der Waals surface area contributed by atoms with Gasteiger partial charge in [-0.25, -0.2) is 0 Å². The van der Waals surface area contributed by atoms with E-state index in [-0.39, 0.29) is 0 Å². The second-order valence-electron chi connectivity index (χ2n) is 2.71. The molecule has 13 heavy (non-hydrogen) atoms. The molecule has 0 aliphatic carbocycles. The van der Waals surface area contributed by atoms with E-state index in [2.05, 4.69) is 6.58 Å². The molecule has 0 heterocycles. The molecule has 0 radical (unpaired) electrons. The van der Waals surface area contributed by atoms with Gasteiger partial charge >= 0.3 is 0 Å². The van der Waals surface area contributed by atoms with Crippen molar-refractivity contribution >= 4 is 11.9 Å². The lowest BCUT2D eigenvalue weighted by Gasteiger charge is -2.04. The lowest BCUT2D eigenvalue weighted by Crippen LogP contribution is -1.87. The number of benzene rings is 1. The highest BCUT2D eigenvalue weighted by molar-refractivity contribution is 5.76. The van der Waals surface area contributed by atoms with Crippen LogP contribution in [0, 0.1) is 0 Å². The predicted octanol–water partition coefficient (Wildman–Crippen LogP) is 2.30. The van der Waals surface area contributed by atoms with Gasteiger partial charge < -0.3 is 9.53 Å². The van der Waals surface area contributed by atoms with Crippen LogP contribution in [0.15, 0.2) is 30.8 Å². The van der Waals surface area contributed by atoms with E-state index in [4.69, 9.17) is 4.74 Å². The topological polar surface area (TPSA) is 26.3 Å². The van der Waals surface area contributed by atoms with Gasteiger partial charge in [0.2, 0.25) is 0 Å². The van der Waals surface area contributed by atoms with Crippen molar-refractivity contribution in [3.63, 3.8) is 0 Å². The number of aldehydes is 1. The summed E-state index contributed by atoms with van der Waals surface area (Å²) >= 11 is 0. The highest BCUT2D eigenvalue weighted by Gasteiger charge is 1.99. The molecule has 1 aromatic rings. The third kappa shape index (κ3) is 2.44. The minimum atomic E-state index is 0.368. The molecule has 0 aromatic heterocycles. The van der Waals surface area contributed by atoms with E-state index in [9.17, 15) is 4.79 Å². The van der Waals surface area contributed by atoms with Crippen LogP contribution in [0.5, 0.6) is 5.75 Å². The lowest BCUT2D eigenvalue weighted by atomic mass is 10.1. The molecule has 1 rings (SSSR count). The maximum Gasteiger partial charge on any atom is 0.124 e. The SMILES string of the molecule is C=C(CC=O)c1cccc(OC)c1. The van der Waals surface area contributed by atoms with Crippen molar-refractivity contribution < 1.29 is 9.53 Å². The number of allylic oxidation sites excluding steroid dienone is 1. The smallest absolute Gasteiger partial charge is 0.124 e. The highest BCUT2D eigenvalue weighted by atomic mass is 16.5. The van der Waals surface area contributed by atoms with E-state index >= 15 is 0 Å². The third-order valence-electron chi connectivity index (χ3n) is 1.81. The van der Waals surface area contributed by atoms with Gasteiger partial charge in [0, 0.05) is 6.42 Å². The number of hydrogen-bond donors (Lipinski definition) is 0. The van der Waals surface area contributed by atoms with Crippen LogP contribution in [-0.4, -0.2) is 13.4 Å². The molecule has 0 unspecified atom stereocenters. The van der Waals surface area contributed by atoms with Crippen LogP contribution in [0.4, 0.5) is 0 Å². The maximum atomic E-state index is 10.3. The lowest BCUT2D eigenvalue weighted by molar-refractivity contribution is -0.107. The fourth-order valence-electron chi connectivity index (χ4n) is 1.06. The van der Waals surface area contributed by atoms with Crippen LogP contribution in [-0.2, 0) is 4.79 Å². The number of methoxy groups -OCH3 is 1. The number of hydrogen-bond acceptors (Lipinski definition) is 2. The molecule has 2 heteroatoms. The summed E-state index contributed by atoms with van der Waals surface area (Å²) in [5, 5.41) is 0. The Balaban J connectivity index is 2.87. The Morgan fingerprint density at radius 2 is 2.38 bits per heavy atom. The van der Waals surface area contributed by atoms with Crippen molar-refractivity contribution in [2.45, 2.75) is 6.42 Å².